The lowest BCUT2D eigenvalue weighted by Gasteiger charge is -2.27. The third-order valence-corrected chi connectivity index (χ3v) is 4.35. The molecule has 0 saturated carbocycles. The molecule has 0 spiro atoms. The van der Waals surface area contributed by atoms with Gasteiger partial charge in [-0.3, -0.25) is 0 Å². The van der Waals surface area contributed by atoms with E-state index in [0.717, 1.165) is 32.6 Å². The van der Waals surface area contributed by atoms with Gasteiger partial charge in [0.2, 0.25) is 0 Å². The van der Waals surface area contributed by atoms with E-state index in [4.69, 9.17) is 0 Å². The van der Waals surface area contributed by atoms with Crippen molar-refractivity contribution in [3.05, 3.63) is 64.7 Å². The maximum absolute atomic E-state index is 3.46. The fourth-order valence-corrected chi connectivity index (χ4v) is 3.18. The number of nitrogens with zero attached hydrogens (tertiary/aromatic N) is 1. The number of rotatable bonds is 4. The molecule has 1 N–H and O–H groups in total. The van der Waals surface area contributed by atoms with Gasteiger partial charge in [-0.1, -0.05) is 30.3 Å². The van der Waals surface area contributed by atoms with Crippen LogP contribution in [0.1, 0.15) is 29.2 Å². The van der Waals surface area contributed by atoms with Crippen molar-refractivity contribution >= 4 is 5.69 Å². The Hall–Kier alpha value is -1.80. The quantitative estimate of drug-likeness (QED) is 0.919. The number of fused-ring (bicyclic) bond motifs is 1. The van der Waals surface area contributed by atoms with Gasteiger partial charge in [-0.15, -0.1) is 0 Å². The van der Waals surface area contributed by atoms with Crippen LogP contribution in [0.2, 0.25) is 0 Å². The Labute approximate surface area is 127 Å². The van der Waals surface area contributed by atoms with Crippen molar-refractivity contribution in [2.24, 2.45) is 0 Å². The van der Waals surface area contributed by atoms with E-state index in [-0.39, 0.29) is 0 Å². The average Bonchev–Trinajstić information content (AvgIpc) is 2.52. The molecule has 1 aliphatic rings. The van der Waals surface area contributed by atoms with Gasteiger partial charge in [0.25, 0.3) is 0 Å². The van der Waals surface area contributed by atoms with E-state index in [9.17, 15) is 0 Å². The van der Waals surface area contributed by atoms with Crippen LogP contribution in [0.5, 0.6) is 0 Å². The molecule has 2 aromatic rings. The monoisotopic (exact) mass is 280 g/mol. The highest BCUT2D eigenvalue weighted by Gasteiger charge is 2.14. The molecule has 0 bridgehead atoms. The van der Waals surface area contributed by atoms with Crippen molar-refractivity contribution < 1.29 is 0 Å². The summed E-state index contributed by atoms with van der Waals surface area (Å²) in [6, 6.07) is 15.6. The van der Waals surface area contributed by atoms with Gasteiger partial charge in [-0.25, -0.2) is 0 Å². The first-order chi connectivity index (χ1) is 10.3. The molecule has 0 radical (unpaired) electrons. The third kappa shape index (κ3) is 3.11. The van der Waals surface area contributed by atoms with Gasteiger partial charge in [-0.2, -0.15) is 0 Å². The molecule has 110 valence electrons. The zero-order valence-electron chi connectivity index (χ0n) is 13.0. The molecule has 0 saturated heterocycles. The van der Waals surface area contributed by atoms with Crippen molar-refractivity contribution in [2.45, 2.75) is 33.4 Å². The Morgan fingerprint density at radius 2 is 2.00 bits per heavy atom. The summed E-state index contributed by atoms with van der Waals surface area (Å²) in [7, 11) is 0. The van der Waals surface area contributed by atoms with E-state index in [1.54, 1.807) is 5.56 Å². The second-order valence-corrected chi connectivity index (χ2v) is 5.83. The lowest BCUT2D eigenvalue weighted by Crippen LogP contribution is -2.27. The minimum absolute atomic E-state index is 1.00. The summed E-state index contributed by atoms with van der Waals surface area (Å²) in [5.74, 6) is 0. The van der Waals surface area contributed by atoms with Crippen LogP contribution >= 0.6 is 0 Å². The van der Waals surface area contributed by atoms with Crippen molar-refractivity contribution in [3.63, 3.8) is 0 Å². The summed E-state index contributed by atoms with van der Waals surface area (Å²) in [5, 5.41) is 3.46. The summed E-state index contributed by atoms with van der Waals surface area (Å²) >= 11 is 0. The number of aryl methyl sites for hydroxylation is 1. The molecule has 0 amide bonds. The molecule has 2 heteroatoms. The number of benzene rings is 2. The molecule has 0 unspecified atom stereocenters. The number of anilines is 1. The highest BCUT2D eigenvalue weighted by atomic mass is 15.1. The first-order valence-electron chi connectivity index (χ1n) is 7.90. The second kappa shape index (κ2) is 6.31. The predicted molar refractivity (Wildman–Crippen MR) is 89.8 cm³/mol. The van der Waals surface area contributed by atoms with E-state index < -0.39 is 0 Å². The van der Waals surface area contributed by atoms with Crippen LogP contribution in [0.15, 0.2) is 42.5 Å². The van der Waals surface area contributed by atoms with Crippen LogP contribution in [0.3, 0.4) is 0 Å². The summed E-state index contributed by atoms with van der Waals surface area (Å²) in [6.07, 6.45) is 1.15. The van der Waals surface area contributed by atoms with Crippen LogP contribution < -0.4 is 10.2 Å². The topological polar surface area (TPSA) is 15.3 Å². The number of hydrogen-bond acceptors (Lipinski definition) is 2. The van der Waals surface area contributed by atoms with Gasteiger partial charge in [0.15, 0.2) is 0 Å². The largest absolute Gasteiger partial charge is 0.367 e. The van der Waals surface area contributed by atoms with Gasteiger partial charge in [0, 0.05) is 25.3 Å². The second-order valence-electron chi connectivity index (χ2n) is 5.83. The van der Waals surface area contributed by atoms with Crippen molar-refractivity contribution in [3.8, 4) is 0 Å². The van der Waals surface area contributed by atoms with E-state index >= 15 is 0 Å². The number of nitrogens with one attached hydrogen (secondary N) is 1. The Kier molecular flexibility index (Phi) is 4.26. The van der Waals surface area contributed by atoms with Crippen molar-refractivity contribution in [1.82, 2.24) is 5.32 Å². The van der Waals surface area contributed by atoms with Crippen molar-refractivity contribution in [2.75, 3.05) is 18.0 Å². The molecule has 2 aromatic carbocycles. The summed E-state index contributed by atoms with van der Waals surface area (Å²) in [4.78, 5) is 2.46. The molecule has 3 rings (SSSR count). The van der Waals surface area contributed by atoms with E-state index in [2.05, 4.69) is 66.5 Å². The molecule has 0 aliphatic carbocycles. The van der Waals surface area contributed by atoms with Crippen LogP contribution in [0.25, 0.3) is 0 Å². The average molecular weight is 280 g/mol. The molecular weight excluding hydrogens is 256 g/mol. The summed E-state index contributed by atoms with van der Waals surface area (Å²) < 4.78 is 0. The third-order valence-electron chi connectivity index (χ3n) is 4.35. The number of hydrogen-bond donors (Lipinski definition) is 1. The molecular formula is C19H24N2. The molecule has 1 heterocycles. The lowest BCUT2D eigenvalue weighted by atomic mass is 9.95. The van der Waals surface area contributed by atoms with Gasteiger partial charge in [-0.05, 0) is 61.2 Å². The first kappa shape index (κ1) is 14.2. The van der Waals surface area contributed by atoms with Crippen molar-refractivity contribution in [1.29, 1.82) is 0 Å². The SMILES string of the molecule is CCN(Cc1cccc2c1CCNC2)c1cccc(C)c1. The van der Waals surface area contributed by atoms with Gasteiger partial charge < -0.3 is 10.2 Å². The fourth-order valence-electron chi connectivity index (χ4n) is 3.18. The smallest absolute Gasteiger partial charge is 0.0432 e. The van der Waals surface area contributed by atoms with E-state index in [0.29, 0.717) is 0 Å². The van der Waals surface area contributed by atoms with Crippen LogP contribution in [-0.4, -0.2) is 13.1 Å². The summed E-state index contributed by atoms with van der Waals surface area (Å²) in [6.45, 7) is 8.54. The maximum atomic E-state index is 3.46. The predicted octanol–water partition coefficient (Wildman–Crippen LogP) is 3.67. The maximum Gasteiger partial charge on any atom is 0.0432 e. The zero-order valence-corrected chi connectivity index (χ0v) is 13.0. The first-order valence-corrected chi connectivity index (χ1v) is 7.90. The minimum atomic E-state index is 1.00. The molecule has 2 nitrogen and oxygen atoms in total. The Morgan fingerprint density at radius 1 is 1.14 bits per heavy atom. The van der Waals surface area contributed by atoms with Crippen LogP contribution in [0, 0.1) is 6.92 Å². The molecule has 0 atom stereocenters. The van der Waals surface area contributed by atoms with Gasteiger partial charge in [0.1, 0.15) is 0 Å². The Morgan fingerprint density at radius 3 is 2.81 bits per heavy atom. The normalized spacial score (nSPS) is 13.8. The molecule has 0 fully saturated rings. The van der Waals surface area contributed by atoms with Crippen LogP contribution in [0.4, 0.5) is 5.69 Å². The highest BCUT2D eigenvalue weighted by Crippen LogP contribution is 2.23. The summed E-state index contributed by atoms with van der Waals surface area (Å²) in [5.41, 5.74) is 7.16. The van der Waals surface area contributed by atoms with Crippen LogP contribution in [-0.2, 0) is 19.5 Å². The fraction of sp³-hybridized carbons (Fsp3) is 0.368. The van der Waals surface area contributed by atoms with Gasteiger partial charge >= 0.3 is 0 Å². The Balaban J connectivity index is 1.88. The minimum Gasteiger partial charge on any atom is -0.367 e. The highest BCUT2D eigenvalue weighted by molar-refractivity contribution is 5.50. The molecule has 21 heavy (non-hydrogen) atoms. The van der Waals surface area contributed by atoms with E-state index in [1.165, 1.54) is 22.4 Å². The molecule has 1 aliphatic heterocycles. The van der Waals surface area contributed by atoms with Gasteiger partial charge in [0.05, 0.1) is 0 Å². The molecule has 0 aromatic heterocycles. The lowest BCUT2D eigenvalue weighted by molar-refractivity contribution is 0.636. The standard InChI is InChI=1S/C19H24N2/c1-3-21(18-9-4-6-15(2)12-18)14-17-8-5-7-16-13-20-11-10-19(16)17/h4-9,12,20H,3,10-11,13-14H2,1-2H3. The zero-order chi connectivity index (χ0) is 14.7. The van der Waals surface area contributed by atoms with E-state index in [1.807, 2.05) is 0 Å². The Bertz CT molecular complexity index is 619.